The number of unbranched alkanes of at least 4 members (excludes halogenated alkanes) is 1. The van der Waals surface area contributed by atoms with Gasteiger partial charge < -0.3 is 10.1 Å². The van der Waals surface area contributed by atoms with Crippen LogP contribution in [-0.2, 0) is 16.0 Å². The van der Waals surface area contributed by atoms with Crippen molar-refractivity contribution < 1.29 is 9.53 Å². The van der Waals surface area contributed by atoms with E-state index in [0.29, 0.717) is 13.0 Å². The molecule has 140 valence electrons. The Morgan fingerprint density at radius 1 is 1.07 bits per heavy atom. The van der Waals surface area contributed by atoms with Gasteiger partial charge in [-0.25, -0.2) is 4.98 Å². The highest BCUT2D eigenvalue weighted by atomic mass is 32.1. The van der Waals surface area contributed by atoms with Gasteiger partial charge in [0.1, 0.15) is 5.01 Å². The van der Waals surface area contributed by atoms with E-state index in [1.165, 1.54) is 0 Å². The van der Waals surface area contributed by atoms with E-state index >= 15 is 0 Å². The Balaban J connectivity index is 1.54. The average molecular weight is 382 g/mol. The van der Waals surface area contributed by atoms with Crippen molar-refractivity contribution >= 4 is 17.2 Å². The number of aromatic nitrogens is 2. The van der Waals surface area contributed by atoms with Crippen molar-refractivity contribution in [3.63, 3.8) is 0 Å². The minimum atomic E-state index is 0.0498. The van der Waals surface area contributed by atoms with Crippen LogP contribution in [0.2, 0.25) is 0 Å². The molecule has 0 fully saturated rings. The smallest absolute Gasteiger partial charge is 0.224 e. The lowest BCUT2D eigenvalue weighted by Crippen LogP contribution is -2.26. The molecule has 0 atom stereocenters. The second kappa shape index (κ2) is 9.94. The summed E-state index contributed by atoms with van der Waals surface area (Å²) in [7, 11) is 1.69. The molecule has 1 aromatic carbocycles. The number of benzene rings is 1. The van der Waals surface area contributed by atoms with Gasteiger partial charge in [0.2, 0.25) is 5.91 Å². The molecule has 2 aromatic heterocycles. The molecule has 1 N–H and O–H groups in total. The van der Waals surface area contributed by atoms with Crippen molar-refractivity contribution in [2.24, 2.45) is 0 Å². The molecule has 3 aromatic rings. The van der Waals surface area contributed by atoms with Crippen LogP contribution in [0.1, 0.15) is 18.4 Å². The minimum absolute atomic E-state index is 0.0498. The van der Waals surface area contributed by atoms with E-state index in [0.717, 1.165) is 46.8 Å². The summed E-state index contributed by atoms with van der Waals surface area (Å²) in [4.78, 5) is 20.7. The van der Waals surface area contributed by atoms with Gasteiger partial charge in [0, 0.05) is 49.2 Å². The molecular weight excluding hydrogens is 358 g/mol. The molecule has 0 spiro atoms. The molecule has 0 aliphatic carbocycles. The molecule has 3 rings (SSSR count). The number of thiazole rings is 1. The fraction of sp³-hybridized carbons (Fsp3) is 0.286. The lowest BCUT2D eigenvalue weighted by atomic mass is 10.1. The van der Waals surface area contributed by atoms with Crippen LogP contribution >= 0.6 is 11.3 Å². The number of hydrogen-bond acceptors (Lipinski definition) is 5. The van der Waals surface area contributed by atoms with E-state index in [9.17, 15) is 4.79 Å². The Labute approximate surface area is 163 Å². The molecule has 0 bridgehead atoms. The third-order valence-electron chi connectivity index (χ3n) is 4.14. The summed E-state index contributed by atoms with van der Waals surface area (Å²) < 4.78 is 5.00. The number of nitrogens with zero attached hydrogens (tertiary/aromatic N) is 2. The van der Waals surface area contributed by atoms with Gasteiger partial charge in [-0.3, -0.25) is 9.78 Å². The van der Waals surface area contributed by atoms with Gasteiger partial charge in [-0.15, -0.1) is 11.3 Å². The molecule has 0 unspecified atom stereocenters. The quantitative estimate of drug-likeness (QED) is 0.570. The molecule has 0 saturated carbocycles. The summed E-state index contributed by atoms with van der Waals surface area (Å²) in [6.07, 6.45) is 5.83. The second-order valence-corrected chi connectivity index (χ2v) is 7.06. The molecule has 6 heteroatoms. The Morgan fingerprint density at radius 3 is 2.59 bits per heavy atom. The summed E-state index contributed by atoms with van der Waals surface area (Å²) in [6, 6.07) is 11.9. The molecular formula is C21H23N3O2S. The van der Waals surface area contributed by atoms with E-state index in [-0.39, 0.29) is 5.91 Å². The lowest BCUT2D eigenvalue weighted by molar-refractivity contribution is -0.120. The molecule has 2 heterocycles. The summed E-state index contributed by atoms with van der Waals surface area (Å²) in [5, 5.41) is 5.98. The zero-order chi connectivity index (χ0) is 18.9. The number of hydrogen-bond donors (Lipinski definition) is 1. The monoisotopic (exact) mass is 381 g/mol. The van der Waals surface area contributed by atoms with Gasteiger partial charge in [0.15, 0.2) is 0 Å². The predicted octanol–water partition coefficient (Wildman–Crippen LogP) is 3.96. The first-order valence-electron chi connectivity index (χ1n) is 8.97. The van der Waals surface area contributed by atoms with Gasteiger partial charge in [-0.2, -0.15) is 0 Å². The number of carbonyl (C=O) groups excluding carboxylic acids is 1. The summed E-state index contributed by atoms with van der Waals surface area (Å²) in [6.45, 7) is 1.42. The highest BCUT2D eigenvalue weighted by Gasteiger charge is 2.08. The second-order valence-electron chi connectivity index (χ2n) is 6.20. The molecule has 0 radical (unpaired) electrons. The molecule has 0 aliphatic rings. The maximum Gasteiger partial charge on any atom is 0.224 e. The third kappa shape index (κ3) is 5.70. The van der Waals surface area contributed by atoms with Crippen molar-refractivity contribution in [1.29, 1.82) is 0 Å². The van der Waals surface area contributed by atoms with Crippen LogP contribution in [0.3, 0.4) is 0 Å². The summed E-state index contributed by atoms with van der Waals surface area (Å²) in [5.74, 6) is 0.0498. The number of ether oxygens (including phenoxy) is 1. The van der Waals surface area contributed by atoms with E-state index in [2.05, 4.69) is 15.7 Å². The third-order valence-corrected chi connectivity index (χ3v) is 5.03. The van der Waals surface area contributed by atoms with E-state index < -0.39 is 0 Å². The van der Waals surface area contributed by atoms with E-state index in [1.54, 1.807) is 30.8 Å². The Kier molecular flexibility index (Phi) is 7.07. The van der Waals surface area contributed by atoms with Crippen molar-refractivity contribution in [3.05, 3.63) is 59.7 Å². The number of amides is 1. The van der Waals surface area contributed by atoms with Crippen LogP contribution < -0.4 is 5.32 Å². The number of carbonyl (C=O) groups is 1. The number of pyridine rings is 1. The highest BCUT2D eigenvalue weighted by molar-refractivity contribution is 7.13. The zero-order valence-electron chi connectivity index (χ0n) is 15.4. The average Bonchev–Trinajstić information content (AvgIpc) is 3.19. The summed E-state index contributed by atoms with van der Waals surface area (Å²) in [5.41, 5.74) is 4.06. The predicted molar refractivity (Wildman–Crippen MR) is 109 cm³/mol. The molecule has 27 heavy (non-hydrogen) atoms. The zero-order valence-corrected chi connectivity index (χ0v) is 16.2. The van der Waals surface area contributed by atoms with E-state index in [1.807, 2.05) is 36.4 Å². The first-order valence-corrected chi connectivity index (χ1v) is 9.85. The lowest BCUT2D eigenvalue weighted by Gasteiger charge is -2.06. The molecule has 1 amide bonds. The standard InChI is InChI=1S/C21H23N3O2S/c1-26-13-3-2-10-23-20(25)14-16-4-6-17(7-5-16)19-15-27-21(24-19)18-8-11-22-12-9-18/h4-9,11-12,15H,2-3,10,13-14H2,1H3,(H,23,25). The topological polar surface area (TPSA) is 64.1 Å². The van der Waals surface area contributed by atoms with Crippen molar-refractivity contribution in [2.45, 2.75) is 19.3 Å². The van der Waals surface area contributed by atoms with Crippen molar-refractivity contribution in [1.82, 2.24) is 15.3 Å². The summed E-state index contributed by atoms with van der Waals surface area (Å²) >= 11 is 1.62. The van der Waals surface area contributed by atoms with Crippen LogP contribution in [-0.4, -0.2) is 36.1 Å². The first-order chi connectivity index (χ1) is 13.3. The van der Waals surface area contributed by atoms with Crippen LogP contribution in [0.25, 0.3) is 21.8 Å². The molecule has 0 aliphatic heterocycles. The van der Waals surface area contributed by atoms with Crippen molar-refractivity contribution in [2.75, 3.05) is 20.3 Å². The van der Waals surface area contributed by atoms with Gasteiger partial charge in [-0.1, -0.05) is 24.3 Å². The molecule has 5 nitrogen and oxygen atoms in total. The number of methoxy groups -OCH3 is 1. The number of rotatable bonds is 9. The fourth-order valence-corrected chi connectivity index (χ4v) is 3.51. The largest absolute Gasteiger partial charge is 0.385 e. The molecule has 0 saturated heterocycles. The Hall–Kier alpha value is -2.57. The van der Waals surface area contributed by atoms with Gasteiger partial charge >= 0.3 is 0 Å². The van der Waals surface area contributed by atoms with Crippen molar-refractivity contribution in [3.8, 4) is 21.8 Å². The minimum Gasteiger partial charge on any atom is -0.385 e. The highest BCUT2D eigenvalue weighted by Crippen LogP contribution is 2.28. The normalized spacial score (nSPS) is 10.7. The van der Waals surface area contributed by atoms with E-state index in [4.69, 9.17) is 9.72 Å². The maximum absolute atomic E-state index is 12.0. The Bertz CT molecular complexity index is 847. The van der Waals surface area contributed by atoms with Crippen LogP contribution in [0.15, 0.2) is 54.2 Å². The van der Waals surface area contributed by atoms with Gasteiger partial charge in [0.05, 0.1) is 12.1 Å². The van der Waals surface area contributed by atoms with Crippen LogP contribution in [0.5, 0.6) is 0 Å². The Morgan fingerprint density at radius 2 is 1.85 bits per heavy atom. The maximum atomic E-state index is 12.0. The number of nitrogens with one attached hydrogen (secondary N) is 1. The fourth-order valence-electron chi connectivity index (χ4n) is 2.67. The SMILES string of the molecule is COCCCCNC(=O)Cc1ccc(-c2csc(-c3ccncc3)n2)cc1. The first kappa shape index (κ1) is 19.2. The van der Waals surface area contributed by atoms with Gasteiger partial charge in [-0.05, 0) is 30.5 Å². The van der Waals surface area contributed by atoms with Gasteiger partial charge in [0.25, 0.3) is 0 Å². The van der Waals surface area contributed by atoms with Crippen LogP contribution in [0, 0.1) is 0 Å². The van der Waals surface area contributed by atoms with Crippen LogP contribution in [0.4, 0.5) is 0 Å².